The van der Waals surface area contributed by atoms with E-state index in [1.807, 2.05) is 17.8 Å². The Morgan fingerprint density at radius 3 is 3.00 bits per heavy atom. The number of thioether (sulfide) groups is 1. The van der Waals surface area contributed by atoms with Crippen LogP contribution in [0.5, 0.6) is 0 Å². The lowest BCUT2D eigenvalue weighted by Crippen LogP contribution is -2.14. The zero-order valence-electron chi connectivity index (χ0n) is 8.89. The van der Waals surface area contributed by atoms with E-state index in [-0.39, 0.29) is 10.6 Å². The second kappa shape index (κ2) is 5.21. The average molecular weight is 238 g/mol. The first-order valence-electron chi connectivity index (χ1n) is 5.32. The zero-order valence-corrected chi connectivity index (χ0v) is 9.70. The van der Waals surface area contributed by atoms with E-state index in [0.29, 0.717) is 11.6 Å². The van der Waals surface area contributed by atoms with Gasteiger partial charge < -0.3 is 5.32 Å². The van der Waals surface area contributed by atoms with Crippen LogP contribution in [0.4, 0.5) is 11.4 Å². The predicted octanol–water partition coefficient (Wildman–Crippen LogP) is 2.76. The molecule has 0 amide bonds. The third-order valence-corrected chi connectivity index (χ3v) is 3.94. The largest absolute Gasteiger partial charge is 0.379 e. The number of nitro groups is 1. The molecule has 0 radical (unpaired) electrons. The van der Waals surface area contributed by atoms with Gasteiger partial charge in [0, 0.05) is 12.6 Å². The van der Waals surface area contributed by atoms with Crippen molar-refractivity contribution in [3.8, 4) is 0 Å². The van der Waals surface area contributed by atoms with Gasteiger partial charge in [0.15, 0.2) is 0 Å². The number of nitrogens with zero attached hydrogens (tertiary/aromatic N) is 1. The van der Waals surface area contributed by atoms with Gasteiger partial charge in [-0.25, -0.2) is 0 Å². The molecule has 1 heterocycles. The van der Waals surface area contributed by atoms with E-state index in [4.69, 9.17) is 0 Å². The van der Waals surface area contributed by atoms with Gasteiger partial charge >= 0.3 is 0 Å². The van der Waals surface area contributed by atoms with Crippen molar-refractivity contribution in [3.05, 3.63) is 34.4 Å². The Labute approximate surface area is 98.6 Å². The summed E-state index contributed by atoms with van der Waals surface area (Å²) in [4.78, 5) is 10.4. The predicted molar refractivity (Wildman–Crippen MR) is 67.0 cm³/mol. The lowest BCUT2D eigenvalue weighted by atomic mass is 10.1. The van der Waals surface area contributed by atoms with Crippen LogP contribution in [0.25, 0.3) is 0 Å². The normalized spacial score (nSPS) is 19.6. The third-order valence-electron chi connectivity index (χ3n) is 2.71. The first kappa shape index (κ1) is 11.3. The lowest BCUT2D eigenvalue weighted by Gasteiger charge is -2.11. The fourth-order valence-electron chi connectivity index (χ4n) is 1.78. The van der Waals surface area contributed by atoms with E-state index in [0.717, 1.165) is 12.3 Å². The molecule has 1 aliphatic rings. The maximum Gasteiger partial charge on any atom is 0.292 e. The average Bonchev–Trinajstić information content (AvgIpc) is 2.79. The second-order valence-electron chi connectivity index (χ2n) is 3.88. The van der Waals surface area contributed by atoms with E-state index in [1.54, 1.807) is 12.1 Å². The minimum absolute atomic E-state index is 0.160. The van der Waals surface area contributed by atoms with Crippen LogP contribution in [0, 0.1) is 16.0 Å². The summed E-state index contributed by atoms with van der Waals surface area (Å²) >= 11 is 1.95. The zero-order chi connectivity index (χ0) is 11.4. The summed E-state index contributed by atoms with van der Waals surface area (Å²) < 4.78 is 0. The van der Waals surface area contributed by atoms with Crippen molar-refractivity contribution in [1.29, 1.82) is 0 Å². The number of hydrogen-bond donors (Lipinski definition) is 1. The van der Waals surface area contributed by atoms with Crippen LogP contribution in [0.2, 0.25) is 0 Å². The molecular weight excluding hydrogens is 224 g/mol. The number of rotatable bonds is 4. The molecular formula is C11H14N2O2S. The molecule has 1 atom stereocenters. The molecule has 1 N–H and O–H groups in total. The Morgan fingerprint density at radius 1 is 1.50 bits per heavy atom. The van der Waals surface area contributed by atoms with Crippen LogP contribution in [0.3, 0.4) is 0 Å². The molecule has 1 aromatic rings. The van der Waals surface area contributed by atoms with Gasteiger partial charge in [-0.15, -0.1) is 0 Å². The summed E-state index contributed by atoms with van der Waals surface area (Å²) in [5, 5.41) is 14.0. The summed E-state index contributed by atoms with van der Waals surface area (Å²) in [6.07, 6.45) is 1.21. The van der Waals surface area contributed by atoms with Crippen LogP contribution in [0.15, 0.2) is 24.3 Å². The fraction of sp³-hybridized carbons (Fsp3) is 0.455. The van der Waals surface area contributed by atoms with Gasteiger partial charge in [0.1, 0.15) is 5.69 Å². The van der Waals surface area contributed by atoms with Crippen LogP contribution < -0.4 is 5.32 Å². The molecule has 1 aliphatic heterocycles. The van der Waals surface area contributed by atoms with Gasteiger partial charge in [0.2, 0.25) is 0 Å². The van der Waals surface area contributed by atoms with Crippen molar-refractivity contribution in [2.45, 2.75) is 6.42 Å². The third kappa shape index (κ3) is 2.66. The highest BCUT2D eigenvalue weighted by Gasteiger charge is 2.17. The van der Waals surface area contributed by atoms with Crippen molar-refractivity contribution in [2.24, 2.45) is 5.92 Å². The van der Waals surface area contributed by atoms with Crippen LogP contribution >= 0.6 is 11.8 Å². The molecule has 0 aliphatic carbocycles. The first-order chi connectivity index (χ1) is 7.77. The molecule has 2 rings (SSSR count). The Hall–Kier alpha value is -1.23. The number of hydrogen-bond acceptors (Lipinski definition) is 4. The monoisotopic (exact) mass is 238 g/mol. The van der Waals surface area contributed by atoms with Gasteiger partial charge in [-0.2, -0.15) is 11.8 Å². The highest BCUT2D eigenvalue weighted by Crippen LogP contribution is 2.26. The number of nitro benzene ring substituents is 1. The smallest absolute Gasteiger partial charge is 0.292 e. The van der Waals surface area contributed by atoms with Gasteiger partial charge in [-0.05, 0) is 29.9 Å². The van der Waals surface area contributed by atoms with Gasteiger partial charge in [0.05, 0.1) is 4.92 Å². The van der Waals surface area contributed by atoms with Gasteiger partial charge in [-0.1, -0.05) is 12.1 Å². The minimum Gasteiger partial charge on any atom is -0.379 e. The fourth-order valence-corrected chi connectivity index (χ4v) is 3.07. The van der Waals surface area contributed by atoms with Crippen molar-refractivity contribution >= 4 is 23.1 Å². The number of benzene rings is 1. The van der Waals surface area contributed by atoms with Crippen molar-refractivity contribution in [2.75, 3.05) is 23.4 Å². The Kier molecular flexibility index (Phi) is 3.66. The van der Waals surface area contributed by atoms with E-state index >= 15 is 0 Å². The molecule has 1 saturated heterocycles. The molecule has 86 valence electrons. The molecule has 4 nitrogen and oxygen atoms in total. The minimum atomic E-state index is -0.342. The van der Waals surface area contributed by atoms with E-state index in [1.165, 1.54) is 18.2 Å². The molecule has 5 heteroatoms. The highest BCUT2D eigenvalue weighted by molar-refractivity contribution is 7.99. The molecule has 0 aromatic heterocycles. The summed E-state index contributed by atoms with van der Waals surface area (Å²) in [6.45, 7) is 0.831. The van der Waals surface area contributed by atoms with Crippen molar-refractivity contribution in [3.63, 3.8) is 0 Å². The van der Waals surface area contributed by atoms with Gasteiger partial charge in [-0.3, -0.25) is 10.1 Å². The molecule has 1 unspecified atom stereocenters. The van der Waals surface area contributed by atoms with Gasteiger partial charge in [0.25, 0.3) is 5.69 Å². The topological polar surface area (TPSA) is 55.2 Å². The summed E-state index contributed by atoms with van der Waals surface area (Å²) in [7, 11) is 0. The van der Waals surface area contributed by atoms with Crippen LogP contribution in [-0.4, -0.2) is 23.0 Å². The van der Waals surface area contributed by atoms with E-state index in [2.05, 4.69) is 5.32 Å². The number of anilines is 1. The molecule has 0 bridgehead atoms. The Bertz CT molecular complexity index is 378. The van der Waals surface area contributed by atoms with E-state index < -0.39 is 0 Å². The van der Waals surface area contributed by atoms with E-state index in [9.17, 15) is 10.1 Å². The molecule has 1 aromatic carbocycles. The van der Waals surface area contributed by atoms with Crippen molar-refractivity contribution < 1.29 is 4.92 Å². The summed E-state index contributed by atoms with van der Waals surface area (Å²) in [5.41, 5.74) is 0.789. The highest BCUT2D eigenvalue weighted by atomic mass is 32.2. The lowest BCUT2D eigenvalue weighted by molar-refractivity contribution is -0.384. The standard InChI is InChI=1S/C11H14N2O2S/c14-13(15)11-4-2-1-3-10(11)12-7-9-5-6-16-8-9/h1-4,9,12H,5-8H2. The quantitative estimate of drug-likeness (QED) is 0.647. The SMILES string of the molecule is O=[N+]([O-])c1ccccc1NCC1CCSC1. The molecule has 0 spiro atoms. The summed E-state index contributed by atoms with van der Waals surface area (Å²) in [6, 6.07) is 6.80. The van der Waals surface area contributed by atoms with Crippen LogP contribution in [-0.2, 0) is 0 Å². The molecule has 16 heavy (non-hydrogen) atoms. The maximum atomic E-state index is 10.8. The second-order valence-corrected chi connectivity index (χ2v) is 5.03. The van der Waals surface area contributed by atoms with Crippen molar-refractivity contribution in [1.82, 2.24) is 0 Å². The Balaban J connectivity index is 2.00. The summed E-state index contributed by atoms with van der Waals surface area (Å²) in [5.74, 6) is 3.02. The number of nitrogens with one attached hydrogen (secondary N) is 1. The maximum absolute atomic E-state index is 10.8. The Morgan fingerprint density at radius 2 is 2.31 bits per heavy atom. The van der Waals surface area contributed by atoms with Crippen LogP contribution in [0.1, 0.15) is 6.42 Å². The molecule has 0 saturated carbocycles. The number of para-hydroxylation sites is 2. The molecule has 1 fully saturated rings. The first-order valence-corrected chi connectivity index (χ1v) is 6.48.